The molecule has 0 N–H and O–H groups in total. The largest absolute Gasteiger partial charge is 0.305 e. The second-order valence-corrected chi connectivity index (χ2v) is 4.14. The van der Waals surface area contributed by atoms with Crippen molar-refractivity contribution >= 4 is 5.78 Å². The van der Waals surface area contributed by atoms with Gasteiger partial charge in [0.2, 0.25) is 0 Å². The van der Waals surface area contributed by atoms with Crippen molar-refractivity contribution in [3.05, 3.63) is 0 Å². The van der Waals surface area contributed by atoms with Crippen molar-refractivity contribution < 1.29 is 4.79 Å². The first-order valence-corrected chi connectivity index (χ1v) is 4.98. The molecule has 0 saturated carbocycles. The number of rotatable bonds is 4. The molecule has 1 unspecified atom stereocenters. The van der Waals surface area contributed by atoms with Gasteiger partial charge in [0, 0.05) is 25.6 Å². The molecule has 0 amide bonds. The van der Waals surface area contributed by atoms with Crippen molar-refractivity contribution in [2.45, 2.75) is 25.8 Å². The van der Waals surface area contributed by atoms with Crippen molar-refractivity contribution in [1.29, 1.82) is 0 Å². The standard InChI is InChI=1S/C10H20N2O/c1-9(13)4-7-12(3)10-5-6-11(2)8-10/h10H,4-8H2,1-3H3. The second-order valence-electron chi connectivity index (χ2n) is 4.14. The summed E-state index contributed by atoms with van der Waals surface area (Å²) in [5, 5.41) is 0. The second kappa shape index (κ2) is 4.72. The molecule has 0 aromatic carbocycles. The molecular formula is C10H20N2O. The molecule has 0 aromatic heterocycles. The van der Waals surface area contributed by atoms with Crippen LogP contribution in [-0.4, -0.2) is 55.4 Å². The van der Waals surface area contributed by atoms with Crippen LogP contribution in [0.15, 0.2) is 0 Å². The van der Waals surface area contributed by atoms with E-state index in [-0.39, 0.29) is 0 Å². The fourth-order valence-electron chi connectivity index (χ4n) is 1.79. The molecule has 0 aliphatic carbocycles. The van der Waals surface area contributed by atoms with Crippen molar-refractivity contribution in [1.82, 2.24) is 9.80 Å². The number of nitrogens with zero attached hydrogens (tertiary/aromatic N) is 2. The lowest BCUT2D eigenvalue weighted by atomic mass is 10.2. The number of carbonyl (C=O) groups is 1. The summed E-state index contributed by atoms with van der Waals surface area (Å²) >= 11 is 0. The highest BCUT2D eigenvalue weighted by Crippen LogP contribution is 2.12. The molecule has 0 radical (unpaired) electrons. The molecule has 76 valence electrons. The van der Waals surface area contributed by atoms with Gasteiger partial charge in [-0.3, -0.25) is 4.79 Å². The normalized spacial score (nSPS) is 24.2. The van der Waals surface area contributed by atoms with Gasteiger partial charge in [-0.1, -0.05) is 0 Å². The molecule has 3 heteroatoms. The molecule has 0 bridgehead atoms. The Morgan fingerprint density at radius 3 is 2.77 bits per heavy atom. The molecule has 1 aliphatic heterocycles. The van der Waals surface area contributed by atoms with E-state index in [0.717, 1.165) is 13.1 Å². The maximum Gasteiger partial charge on any atom is 0.131 e. The summed E-state index contributed by atoms with van der Waals surface area (Å²) in [6, 6.07) is 0.657. The summed E-state index contributed by atoms with van der Waals surface area (Å²) in [6.45, 7) is 4.91. The van der Waals surface area contributed by atoms with Crippen LogP contribution in [0.5, 0.6) is 0 Å². The van der Waals surface area contributed by atoms with Gasteiger partial charge in [-0.15, -0.1) is 0 Å². The molecule has 1 rings (SSSR count). The number of Topliss-reactive ketones (excluding diaryl/α,β-unsaturated/α-hetero) is 1. The van der Waals surface area contributed by atoms with Crippen LogP contribution in [0.3, 0.4) is 0 Å². The van der Waals surface area contributed by atoms with Gasteiger partial charge in [0.05, 0.1) is 0 Å². The van der Waals surface area contributed by atoms with Crippen molar-refractivity contribution in [2.75, 3.05) is 33.7 Å². The molecule has 1 fully saturated rings. The Hall–Kier alpha value is -0.410. The number of hydrogen-bond acceptors (Lipinski definition) is 3. The van der Waals surface area contributed by atoms with Crippen LogP contribution in [-0.2, 0) is 4.79 Å². The molecule has 0 spiro atoms. The molecule has 13 heavy (non-hydrogen) atoms. The Bertz CT molecular complexity index is 182. The van der Waals surface area contributed by atoms with Crippen molar-refractivity contribution in [3.8, 4) is 0 Å². The first-order chi connectivity index (χ1) is 6.09. The number of hydrogen-bond donors (Lipinski definition) is 0. The highest BCUT2D eigenvalue weighted by molar-refractivity contribution is 5.75. The van der Waals surface area contributed by atoms with Crippen LogP contribution in [0, 0.1) is 0 Å². The maximum atomic E-state index is 10.8. The summed E-state index contributed by atoms with van der Waals surface area (Å²) in [5.74, 6) is 0.290. The van der Waals surface area contributed by atoms with Gasteiger partial charge in [-0.05, 0) is 34.0 Å². The fraction of sp³-hybridized carbons (Fsp3) is 0.900. The minimum atomic E-state index is 0.290. The zero-order valence-corrected chi connectivity index (χ0v) is 8.92. The van der Waals surface area contributed by atoms with Crippen LogP contribution in [0.1, 0.15) is 19.8 Å². The van der Waals surface area contributed by atoms with Crippen LogP contribution in [0.25, 0.3) is 0 Å². The smallest absolute Gasteiger partial charge is 0.131 e. The quantitative estimate of drug-likeness (QED) is 0.639. The Balaban J connectivity index is 2.23. The van der Waals surface area contributed by atoms with Crippen LogP contribution >= 0.6 is 0 Å². The Kier molecular flexibility index (Phi) is 3.88. The third-order valence-corrected chi connectivity index (χ3v) is 2.81. The number of likely N-dealkylation sites (N-methyl/N-ethyl adjacent to an activating group) is 2. The highest BCUT2D eigenvalue weighted by atomic mass is 16.1. The molecule has 1 atom stereocenters. The zero-order chi connectivity index (χ0) is 9.84. The van der Waals surface area contributed by atoms with Crippen molar-refractivity contribution in [2.24, 2.45) is 0 Å². The summed E-state index contributed by atoms with van der Waals surface area (Å²) in [4.78, 5) is 15.4. The lowest BCUT2D eigenvalue weighted by Crippen LogP contribution is -2.35. The first-order valence-electron chi connectivity index (χ1n) is 4.98. The van der Waals surface area contributed by atoms with E-state index in [1.165, 1.54) is 13.0 Å². The third-order valence-electron chi connectivity index (χ3n) is 2.81. The van der Waals surface area contributed by atoms with E-state index < -0.39 is 0 Å². The summed E-state index contributed by atoms with van der Waals surface area (Å²) in [5.41, 5.74) is 0. The minimum Gasteiger partial charge on any atom is -0.305 e. The van der Waals surface area contributed by atoms with Gasteiger partial charge in [0.1, 0.15) is 5.78 Å². The first kappa shape index (κ1) is 10.7. The van der Waals surface area contributed by atoms with Crippen LogP contribution in [0.4, 0.5) is 0 Å². The molecule has 1 aliphatic rings. The van der Waals surface area contributed by atoms with Gasteiger partial charge in [-0.25, -0.2) is 0 Å². The monoisotopic (exact) mass is 184 g/mol. The zero-order valence-electron chi connectivity index (χ0n) is 8.92. The van der Waals surface area contributed by atoms with E-state index in [1.54, 1.807) is 6.92 Å². The van der Waals surface area contributed by atoms with E-state index in [1.807, 2.05) is 0 Å². The van der Waals surface area contributed by atoms with Crippen LogP contribution < -0.4 is 0 Å². The summed E-state index contributed by atoms with van der Waals surface area (Å²) in [7, 11) is 4.27. The molecule has 1 heterocycles. The van der Waals surface area contributed by atoms with Gasteiger partial charge < -0.3 is 9.80 Å². The van der Waals surface area contributed by atoms with E-state index in [9.17, 15) is 4.79 Å². The van der Waals surface area contributed by atoms with Gasteiger partial charge in [0.15, 0.2) is 0 Å². The molecule has 3 nitrogen and oxygen atoms in total. The SMILES string of the molecule is CC(=O)CCN(C)C1CCN(C)C1. The lowest BCUT2D eigenvalue weighted by molar-refractivity contribution is -0.117. The number of likely N-dealkylation sites (tertiary alicyclic amines) is 1. The Morgan fingerprint density at radius 1 is 1.62 bits per heavy atom. The maximum absolute atomic E-state index is 10.8. The van der Waals surface area contributed by atoms with E-state index in [4.69, 9.17) is 0 Å². The molecule has 0 aromatic rings. The van der Waals surface area contributed by atoms with Crippen LogP contribution in [0.2, 0.25) is 0 Å². The highest BCUT2D eigenvalue weighted by Gasteiger charge is 2.22. The van der Waals surface area contributed by atoms with Gasteiger partial charge in [-0.2, -0.15) is 0 Å². The van der Waals surface area contributed by atoms with Crippen molar-refractivity contribution in [3.63, 3.8) is 0 Å². The predicted molar refractivity (Wildman–Crippen MR) is 53.8 cm³/mol. The number of ketones is 1. The van der Waals surface area contributed by atoms with Gasteiger partial charge >= 0.3 is 0 Å². The molecular weight excluding hydrogens is 164 g/mol. The average Bonchev–Trinajstić information content (AvgIpc) is 2.47. The Labute approximate surface area is 80.7 Å². The fourth-order valence-corrected chi connectivity index (χ4v) is 1.79. The lowest BCUT2D eigenvalue weighted by Gasteiger charge is -2.23. The molecule has 1 saturated heterocycles. The summed E-state index contributed by atoms with van der Waals surface area (Å²) in [6.07, 6.45) is 1.93. The topological polar surface area (TPSA) is 23.6 Å². The minimum absolute atomic E-state index is 0.290. The Morgan fingerprint density at radius 2 is 2.31 bits per heavy atom. The van der Waals surface area contributed by atoms with E-state index in [0.29, 0.717) is 18.2 Å². The average molecular weight is 184 g/mol. The third kappa shape index (κ3) is 3.44. The predicted octanol–water partition coefficient (Wildman–Crippen LogP) is 0.601. The number of carbonyl (C=O) groups excluding carboxylic acids is 1. The summed E-state index contributed by atoms with van der Waals surface area (Å²) < 4.78 is 0. The van der Waals surface area contributed by atoms with Gasteiger partial charge in [0.25, 0.3) is 0 Å². The van der Waals surface area contributed by atoms with E-state index >= 15 is 0 Å². The van der Waals surface area contributed by atoms with E-state index in [2.05, 4.69) is 23.9 Å².